The Labute approximate surface area is 70.6 Å². The monoisotopic (exact) mass is 219 g/mol. The van der Waals surface area contributed by atoms with Gasteiger partial charge in [-0.1, -0.05) is 0 Å². The fraction of sp³-hybridized carbons (Fsp3) is 1.00. The third-order valence-corrected chi connectivity index (χ3v) is 3.00. The maximum absolute atomic E-state index is 8.88. The molecule has 0 bridgehead atoms. The number of phosphoric acid groups is 1. The molecule has 0 aliphatic carbocycles. The summed E-state index contributed by atoms with van der Waals surface area (Å²) >= 11 is 1.46. The van der Waals surface area contributed by atoms with Gasteiger partial charge in [0.15, 0.2) is 0 Å². The second kappa shape index (κ2) is 6.44. The fourth-order valence-electron chi connectivity index (χ4n) is 0. The van der Waals surface area contributed by atoms with Gasteiger partial charge in [0.1, 0.15) is 0 Å². The molecular weight excluding hydrogens is 208 g/mol. The maximum Gasteiger partial charge on any atom is 0.466 e. The molecule has 0 spiro atoms. The molecule has 10 heavy (non-hydrogen) atoms. The van der Waals surface area contributed by atoms with Crippen LogP contribution in [0, 0.1) is 5.92 Å². The summed E-state index contributed by atoms with van der Waals surface area (Å²) in [6.45, 7) is 4.51. The molecular formula is C4H12O4PZn. The average molecular weight is 220 g/mol. The first-order valence-corrected chi connectivity index (χ1v) is 6.51. The summed E-state index contributed by atoms with van der Waals surface area (Å²) in [6, 6.07) is 0. The van der Waals surface area contributed by atoms with Gasteiger partial charge in [0, 0.05) is 0 Å². The van der Waals surface area contributed by atoms with Gasteiger partial charge in [0.25, 0.3) is 0 Å². The molecule has 0 radical (unpaired) electrons. The molecule has 0 saturated heterocycles. The van der Waals surface area contributed by atoms with Crippen molar-refractivity contribution in [2.45, 2.75) is 18.9 Å². The van der Waals surface area contributed by atoms with Crippen LogP contribution in [0.5, 0.6) is 0 Å². The fourth-order valence-corrected chi connectivity index (χ4v) is 0. The molecule has 0 amide bonds. The van der Waals surface area contributed by atoms with Crippen LogP contribution in [-0.4, -0.2) is 14.7 Å². The van der Waals surface area contributed by atoms with Crippen molar-refractivity contribution >= 4 is 7.82 Å². The molecule has 0 rings (SSSR count). The normalized spacial score (nSPS) is 10.8. The molecule has 0 unspecified atom stereocenters. The molecule has 4 nitrogen and oxygen atoms in total. The Morgan fingerprint density at radius 3 is 1.50 bits per heavy atom. The van der Waals surface area contributed by atoms with Gasteiger partial charge in [0.2, 0.25) is 0 Å². The van der Waals surface area contributed by atoms with Crippen LogP contribution in [0.4, 0.5) is 0 Å². The number of hydrogen-bond acceptors (Lipinski definition) is 1. The minimum absolute atomic E-state index is 0.940. The van der Waals surface area contributed by atoms with Crippen molar-refractivity contribution in [2.24, 2.45) is 5.92 Å². The first kappa shape index (κ1) is 13.3. The summed E-state index contributed by atoms with van der Waals surface area (Å²) in [7, 11) is -4.64. The summed E-state index contributed by atoms with van der Waals surface area (Å²) < 4.78 is 8.88. The van der Waals surface area contributed by atoms with Gasteiger partial charge in [0.05, 0.1) is 0 Å². The van der Waals surface area contributed by atoms with Gasteiger partial charge in [-0.15, -0.1) is 0 Å². The van der Waals surface area contributed by atoms with Crippen LogP contribution in [-0.2, 0) is 22.9 Å². The number of hydrogen-bond donors (Lipinski definition) is 3. The van der Waals surface area contributed by atoms with Crippen molar-refractivity contribution < 1.29 is 37.5 Å². The van der Waals surface area contributed by atoms with Crippen molar-refractivity contribution in [3.05, 3.63) is 0 Å². The van der Waals surface area contributed by atoms with E-state index in [4.69, 9.17) is 19.2 Å². The quantitative estimate of drug-likeness (QED) is 0.449. The van der Waals surface area contributed by atoms with Gasteiger partial charge in [-0.3, -0.25) is 0 Å². The summed E-state index contributed by atoms with van der Waals surface area (Å²) in [5.74, 6) is 0.940. The van der Waals surface area contributed by atoms with Crippen molar-refractivity contribution in [1.82, 2.24) is 0 Å². The summed E-state index contributed by atoms with van der Waals surface area (Å²) in [4.78, 5) is 21.6. The summed E-state index contributed by atoms with van der Waals surface area (Å²) in [6.07, 6.45) is 0. The molecule has 0 aliphatic heterocycles. The van der Waals surface area contributed by atoms with E-state index >= 15 is 0 Å². The van der Waals surface area contributed by atoms with Crippen LogP contribution in [0.3, 0.4) is 0 Å². The Bertz CT molecular complexity index is 102. The number of rotatable bonds is 1. The zero-order valence-corrected chi connectivity index (χ0v) is 10.1. The van der Waals surface area contributed by atoms with Crippen LogP contribution >= 0.6 is 7.82 Å². The van der Waals surface area contributed by atoms with E-state index in [9.17, 15) is 0 Å². The molecule has 0 aromatic rings. The predicted octanol–water partition coefficient (Wildman–Crippen LogP) is 0.679. The predicted molar refractivity (Wildman–Crippen MR) is 33.9 cm³/mol. The second-order valence-corrected chi connectivity index (χ2v) is 4.43. The van der Waals surface area contributed by atoms with E-state index in [1.54, 1.807) is 0 Å². The Balaban J connectivity index is 0. The van der Waals surface area contributed by atoms with Crippen LogP contribution in [0.15, 0.2) is 0 Å². The molecule has 0 aromatic carbocycles. The van der Waals surface area contributed by atoms with E-state index in [1.165, 1.54) is 23.3 Å². The molecule has 3 N–H and O–H groups in total. The molecule has 0 aliphatic rings. The molecule has 0 saturated carbocycles. The molecule has 0 atom stereocenters. The smallest absolute Gasteiger partial charge is 0.303 e. The first-order valence-electron chi connectivity index (χ1n) is 2.85. The van der Waals surface area contributed by atoms with Gasteiger partial charge >= 0.3 is 50.9 Å². The molecule has 0 fully saturated rings. The average Bonchev–Trinajstić information content (AvgIpc) is 1.61. The molecule has 59 valence electrons. The largest absolute Gasteiger partial charge is 0.466 e. The zero-order valence-electron chi connectivity index (χ0n) is 6.19. The van der Waals surface area contributed by atoms with E-state index in [0.717, 1.165) is 5.92 Å². The Morgan fingerprint density at radius 1 is 1.40 bits per heavy atom. The van der Waals surface area contributed by atoms with Crippen LogP contribution in [0.25, 0.3) is 0 Å². The third kappa shape index (κ3) is 69.9. The SMILES string of the molecule is CC(C)[CH2][Zn].O=P(O)(O)O. The van der Waals surface area contributed by atoms with Gasteiger partial charge < -0.3 is 14.7 Å². The first-order chi connectivity index (χ1) is 4.27. The Kier molecular flexibility index (Phi) is 8.59. The molecule has 6 heteroatoms. The Hall–Kier alpha value is 0.733. The van der Waals surface area contributed by atoms with E-state index in [2.05, 4.69) is 13.8 Å². The maximum atomic E-state index is 8.88. The van der Waals surface area contributed by atoms with Crippen molar-refractivity contribution in [3.63, 3.8) is 0 Å². The minimum Gasteiger partial charge on any atom is -0.303 e. The summed E-state index contributed by atoms with van der Waals surface area (Å²) in [5.41, 5.74) is 0. The summed E-state index contributed by atoms with van der Waals surface area (Å²) in [5, 5.41) is 1.43. The second-order valence-electron chi connectivity index (χ2n) is 2.20. The van der Waals surface area contributed by atoms with E-state index in [0.29, 0.717) is 0 Å². The van der Waals surface area contributed by atoms with Crippen LogP contribution in [0.1, 0.15) is 13.8 Å². The molecule has 0 aromatic heterocycles. The van der Waals surface area contributed by atoms with Gasteiger partial charge in [-0.25, -0.2) is 4.57 Å². The Morgan fingerprint density at radius 2 is 1.50 bits per heavy atom. The molecule has 0 heterocycles. The minimum atomic E-state index is -4.64. The van der Waals surface area contributed by atoms with Gasteiger partial charge in [-0.05, 0) is 0 Å². The van der Waals surface area contributed by atoms with Crippen LogP contribution in [0.2, 0.25) is 5.02 Å². The topological polar surface area (TPSA) is 77.8 Å². The van der Waals surface area contributed by atoms with E-state index in [1.807, 2.05) is 0 Å². The zero-order chi connectivity index (χ0) is 8.78. The van der Waals surface area contributed by atoms with Crippen molar-refractivity contribution in [3.8, 4) is 0 Å². The standard InChI is InChI=1S/C4H9.H3O4P.Zn/c1-4(2)3;1-5(2,3)4;/h4H,1H2,2-3H3;(H3,1,2,3,4);. The third-order valence-electron chi connectivity index (χ3n) is 0.577. The van der Waals surface area contributed by atoms with E-state index < -0.39 is 7.82 Å². The van der Waals surface area contributed by atoms with Crippen molar-refractivity contribution in [2.75, 3.05) is 0 Å². The van der Waals surface area contributed by atoms with E-state index in [-0.39, 0.29) is 0 Å². The van der Waals surface area contributed by atoms with Crippen LogP contribution < -0.4 is 0 Å². The van der Waals surface area contributed by atoms with Crippen molar-refractivity contribution in [1.29, 1.82) is 0 Å². The van der Waals surface area contributed by atoms with Gasteiger partial charge in [-0.2, -0.15) is 0 Å².